The number of hydrogen-bond acceptors (Lipinski definition) is 6. The lowest BCUT2D eigenvalue weighted by Gasteiger charge is -2.12. The van der Waals surface area contributed by atoms with E-state index in [1.807, 2.05) is 31.2 Å². The summed E-state index contributed by atoms with van der Waals surface area (Å²) in [7, 11) is -2.83. The molecule has 32 heavy (non-hydrogen) atoms. The predicted octanol–water partition coefficient (Wildman–Crippen LogP) is 3.64. The number of hydrogen-bond donors (Lipinski definition) is 2. The lowest BCUT2D eigenvalue weighted by Crippen LogP contribution is -2.23. The van der Waals surface area contributed by atoms with Gasteiger partial charge in [-0.05, 0) is 36.8 Å². The Kier molecular flexibility index (Phi) is 6.74. The van der Waals surface area contributed by atoms with Crippen LogP contribution < -0.4 is 14.8 Å². The summed E-state index contributed by atoms with van der Waals surface area (Å²) >= 11 is 0. The standard InChI is InChI=1S/C22H21N3O6S/c1-15-6-8-16(9-7-15)14-23-22(26)17-4-3-5-19(12-17)32(29,30)24-20-13-18(25(27)28)10-11-21(20)31-2/h3-13,24H,14H2,1-2H3,(H,23,26). The van der Waals surface area contributed by atoms with Crippen LogP contribution in [0.1, 0.15) is 21.5 Å². The molecule has 0 fully saturated rings. The molecular weight excluding hydrogens is 434 g/mol. The van der Waals surface area contributed by atoms with E-state index in [9.17, 15) is 23.3 Å². The molecule has 0 unspecified atom stereocenters. The van der Waals surface area contributed by atoms with Gasteiger partial charge in [-0.2, -0.15) is 0 Å². The first-order valence-electron chi connectivity index (χ1n) is 9.48. The number of nitro groups is 1. The van der Waals surface area contributed by atoms with E-state index in [4.69, 9.17) is 4.74 Å². The molecule has 0 aliphatic rings. The monoisotopic (exact) mass is 455 g/mol. The van der Waals surface area contributed by atoms with Gasteiger partial charge in [-0.15, -0.1) is 0 Å². The second kappa shape index (κ2) is 9.48. The van der Waals surface area contributed by atoms with Crippen molar-refractivity contribution in [2.45, 2.75) is 18.4 Å². The number of nitrogens with zero attached hydrogens (tertiary/aromatic N) is 1. The number of non-ortho nitro benzene ring substituents is 1. The van der Waals surface area contributed by atoms with Gasteiger partial charge >= 0.3 is 0 Å². The number of amides is 1. The molecule has 0 radical (unpaired) electrons. The number of benzene rings is 3. The summed E-state index contributed by atoms with van der Waals surface area (Å²) < 4.78 is 33.1. The zero-order valence-electron chi connectivity index (χ0n) is 17.4. The molecule has 0 aromatic heterocycles. The third kappa shape index (κ3) is 5.41. The SMILES string of the molecule is COc1ccc([N+](=O)[O-])cc1NS(=O)(=O)c1cccc(C(=O)NCc2ccc(C)cc2)c1. The molecule has 166 valence electrons. The van der Waals surface area contributed by atoms with E-state index < -0.39 is 20.9 Å². The molecule has 0 heterocycles. The second-order valence-electron chi connectivity index (χ2n) is 6.94. The molecule has 9 nitrogen and oxygen atoms in total. The van der Waals surface area contributed by atoms with Crippen LogP contribution >= 0.6 is 0 Å². The third-order valence-electron chi connectivity index (χ3n) is 4.62. The second-order valence-corrected chi connectivity index (χ2v) is 8.63. The van der Waals surface area contributed by atoms with Crippen molar-refractivity contribution in [1.29, 1.82) is 0 Å². The average molecular weight is 455 g/mol. The topological polar surface area (TPSA) is 128 Å². The Morgan fingerprint density at radius 1 is 1.06 bits per heavy atom. The first-order chi connectivity index (χ1) is 15.2. The maximum Gasteiger partial charge on any atom is 0.271 e. The van der Waals surface area contributed by atoms with Crippen LogP contribution in [0.3, 0.4) is 0 Å². The molecule has 0 saturated carbocycles. The summed E-state index contributed by atoms with van der Waals surface area (Å²) in [4.78, 5) is 22.7. The normalized spacial score (nSPS) is 10.9. The summed E-state index contributed by atoms with van der Waals surface area (Å²) in [6, 6.07) is 16.7. The maximum atomic E-state index is 12.9. The molecule has 0 atom stereocenters. The van der Waals surface area contributed by atoms with Crippen molar-refractivity contribution >= 4 is 27.3 Å². The lowest BCUT2D eigenvalue weighted by atomic mass is 10.1. The maximum absolute atomic E-state index is 12.9. The van der Waals surface area contributed by atoms with Gasteiger partial charge in [0.2, 0.25) is 0 Å². The fourth-order valence-corrected chi connectivity index (χ4v) is 3.99. The van der Waals surface area contributed by atoms with Crippen LogP contribution in [0.25, 0.3) is 0 Å². The van der Waals surface area contributed by atoms with Crippen molar-refractivity contribution in [2.75, 3.05) is 11.8 Å². The molecule has 3 aromatic rings. The molecule has 0 bridgehead atoms. The van der Waals surface area contributed by atoms with Crippen molar-refractivity contribution < 1.29 is 22.9 Å². The fraction of sp³-hybridized carbons (Fsp3) is 0.136. The van der Waals surface area contributed by atoms with E-state index in [1.54, 1.807) is 0 Å². The Morgan fingerprint density at radius 2 is 1.78 bits per heavy atom. The van der Waals surface area contributed by atoms with Crippen molar-refractivity contribution in [1.82, 2.24) is 5.32 Å². The van der Waals surface area contributed by atoms with E-state index in [-0.39, 0.29) is 27.6 Å². The molecule has 0 saturated heterocycles. The van der Waals surface area contributed by atoms with E-state index in [0.717, 1.165) is 17.2 Å². The summed E-state index contributed by atoms with van der Waals surface area (Å²) in [6.45, 7) is 2.25. The zero-order chi connectivity index (χ0) is 23.3. The van der Waals surface area contributed by atoms with Crippen molar-refractivity contribution in [2.24, 2.45) is 0 Å². The van der Waals surface area contributed by atoms with Gasteiger partial charge in [0.1, 0.15) is 5.75 Å². The van der Waals surface area contributed by atoms with Crippen LogP contribution in [0.5, 0.6) is 5.75 Å². The van der Waals surface area contributed by atoms with Crippen molar-refractivity contribution in [3.63, 3.8) is 0 Å². The molecule has 0 spiro atoms. The Balaban J connectivity index is 1.80. The number of rotatable bonds is 8. The number of nitrogens with one attached hydrogen (secondary N) is 2. The molecule has 1 amide bonds. The number of carbonyl (C=O) groups excluding carboxylic acids is 1. The molecule has 3 rings (SSSR count). The Bertz CT molecular complexity index is 1260. The van der Waals surface area contributed by atoms with Gasteiger partial charge in [0.05, 0.1) is 22.6 Å². The van der Waals surface area contributed by atoms with Gasteiger partial charge in [-0.3, -0.25) is 19.6 Å². The predicted molar refractivity (Wildman–Crippen MR) is 119 cm³/mol. The highest BCUT2D eigenvalue weighted by molar-refractivity contribution is 7.92. The number of aryl methyl sites for hydroxylation is 1. The first kappa shape index (κ1) is 22.8. The van der Waals surface area contributed by atoms with Crippen LogP contribution in [0.15, 0.2) is 71.6 Å². The van der Waals surface area contributed by atoms with Gasteiger partial charge in [0.25, 0.3) is 21.6 Å². The average Bonchev–Trinajstić information content (AvgIpc) is 2.78. The van der Waals surface area contributed by atoms with E-state index in [0.29, 0.717) is 6.54 Å². The van der Waals surface area contributed by atoms with Crippen LogP contribution in [-0.2, 0) is 16.6 Å². The molecule has 10 heteroatoms. The number of sulfonamides is 1. The van der Waals surface area contributed by atoms with Crippen LogP contribution in [0.4, 0.5) is 11.4 Å². The van der Waals surface area contributed by atoms with E-state index in [1.165, 1.54) is 43.5 Å². The van der Waals surface area contributed by atoms with Crippen LogP contribution in [0, 0.1) is 17.0 Å². The first-order valence-corrected chi connectivity index (χ1v) is 11.0. The van der Waals surface area contributed by atoms with Gasteiger partial charge in [-0.1, -0.05) is 35.9 Å². The minimum Gasteiger partial charge on any atom is -0.495 e. The van der Waals surface area contributed by atoms with Crippen molar-refractivity contribution in [3.05, 3.63) is 93.5 Å². The molecule has 2 N–H and O–H groups in total. The number of methoxy groups -OCH3 is 1. The molecule has 3 aromatic carbocycles. The largest absolute Gasteiger partial charge is 0.495 e. The highest BCUT2D eigenvalue weighted by Gasteiger charge is 2.20. The van der Waals surface area contributed by atoms with Gasteiger partial charge in [0.15, 0.2) is 0 Å². The third-order valence-corrected chi connectivity index (χ3v) is 5.98. The molecular formula is C22H21N3O6S. The minimum absolute atomic E-state index is 0.0871. The zero-order valence-corrected chi connectivity index (χ0v) is 18.2. The summed E-state index contributed by atoms with van der Waals surface area (Å²) in [5, 5.41) is 13.8. The van der Waals surface area contributed by atoms with Gasteiger partial charge in [-0.25, -0.2) is 8.42 Å². The highest BCUT2D eigenvalue weighted by atomic mass is 32.2. The molecule has 0 aliphatic carbocycles. The highest BCUT2D eigenvalue weighted by Crippen LogP contribution is 2.31. The number of nitro benzene ring substituents is 1. The minimum atomic E-state index is -4.15. The van der Waals surface area contributed by atoms with Crippen molar-refractivity contribution in [3.8, 4) is 5.75 Å². The van der Waals surface area contributed by atoms with Gasteiger partial charge < -0.3 is 10.1 Å². The Morgan fingerprint density at radius 3 is 2.44 bits per heavy atom. The van der Waals surface area contributed by atoms with Crippen LogP contribution in [0.2, 0.25) is 0 Å². The number of ether oxygens (including phenoxy) is 1. The molecule has 0 aliphatic heterocycles. The summed E-state index contributed by atoms with van der Waals surface area (Å²) in [6.07, 6.45) is 0. The number of anilines is 1. The number of carbonyl (C=O) groups is 1. The Hall–Kier alpha value is -3.92. The summed E-state index contributed by atoms with van der Waals surface area (Å²) in [5.74, 6) is -0.318. The quantitative estimate of drug-likeness (QED) is 0.394. The van der Waals surface area contributed by atoms with E-state index >= 15 is 0 Å². The Labute approximate surface area is 185 Å². The fourth-order valence-electron chi connectivity index (χ4n) is 2.89. The van der Waals surface area contributed by atoms with Gasteiger partial charge in [0, 0.05) is 24.2 Å². The summed E-state index contributed by atoms with van der Waals surface area (Å²) in [5.41, 5.74) is 1.78. The smallest absolute Gasteiger partial charge is 0.271 e. The lowest BCUT2D eigenvalue weighted by molar-refractivity contribution is -0.384. The van der Waals surface area contributed by atoms with Crippen LogP contribution in [-0.4, -0.2) is 26.4 Å². The van der Waals surface area contributed by atoms with E-state index in [2.05, 4.69) is 10.0 Å².